The van der Waals surface area contributed by atoms with Gasteiger partial charge in [-0.15, -0.1) is 0 Å². The van der Waals surface area contributed by atoms with Crippen LogP contribution in [0.25, 0.3) is 0 Å². The van der Waals surface area contributed by atoms with E-state index >= 15 is 0 Å². The highest BCUT2D eigenvalue weighted by atomic mass is 16.4. The maximum atomic E-state index is 11.9. The smallest absolute Gasteiger partial charge is 0.309 e. The zero-order chi connectivity index (χ0) is 17.4. The average Bonchev–Trinajstić information content (AvgIpc) is 2.53. The molecule has 0 aliphatic carbocycles. The second kappa shape index (κ2) is 15.0. The van der Waals surface area contributed by atoms with Crippen LogP contribution in [0.2, 0.25) is 0 Å². The van der Waals surface area contributed by atoms with E-state index in [0.717, 1.165) is 38.5 Å². The average molecular weight is 327 g/mol. The lowest BCUT2D eigenvalue weighted by Crippen LogP contribution is -2.31. The van der Waals surface area contributed by atoms with Crippen LogP contribution in [-0.4, -0.2) is 11.1 Å². The molecule has 2 nitrogen and oxygen atoms in total. The second-order valence-corrected chi connectivity index (χ2v) is 7.37. The van der Waals surface area contributed by atoms with Crippen LogP contribution in [0.15, 0.2) is 0 Å². The first-order valence-electron chi connectivity index (χ1n) is 10.4. The fourth-order valence-electron chi connectivity index (χ4n) is 3.66. The maximum Gasteiger partial charge on any atom is 0.309 e. The Hall–Kier alpha value is -0.530. The van der Waals surface area contributed by atoms with Crippen molar-refractivity contribution in [2.45, 2.75) is 124 Å². The van der Waals surface area contributed by atoms with Gasteiger partial charge in [0, 0.05) is 0 Å². The van der Waals surface area contributed by atoms with Crippen molar-refractivity contribution in [1.82, 2.24) is 0 Å². The van der Waals surface area contributed by atoms with Crippen LogP contribution in [0, 0.1) is 5.41 Å². The van der Waals surface area contributed by atoms with E-state index in [-0.39, 0.29) is 0 Å². The topological polar surface area (TPSA) is 37.3 Å². The highest BCUT2D eigenvalue weighted by Crippen LogP contribution is 2.37. The minimum atomic E-state index is -0.540. The highest BCUT2D eigenvalue weighted by Gasteiger charge is 2.36. The molecule has 0 aromatic heterocycles. The largest absolute Gasteiger partial charge is 0.481 e. The van der Waals surface area contributed by atoms with E-state index in [2.05, 4.69) is 20.8 Å². The van der Waals surface area contributed by atoms with Crippen LogP contribution in [0.4, 0.5) is 0 Å². The summed E-state index contributed by atoms with van der Waals surface area (Å²) in [4.78, 5) is 11.9. The number of hydrogen-bond acceptors (Lipinski definition) is 1. The first kappa shape index (κ1) is 22.5. The lowest BCUT2D eigenvalue weighted by molar-refractivity contribution is -0.150. The Morgan fingerprint density at radius 3 is 1.35 bits per heavy atom. The van der Waals surface area contributed by atoms with Crippen molar-refractivity contribution in [3.05, 3.63) is 0 Å². The van der Waals surface area contributed by atoms with Crippen molar-refractivity contribution in [3.8, 4) is 0 Å². The maximum absolute atomic E-state index is 11.9. The van der Waals surface area contributed by atoms with Crippen LogP contribution in [0.3, 0.4) is 0 Å². The molecule has 2 heteroatoms. The molecule has 0 unspecified atom stereocenters. The van der Waals surface area contributed by atoms with Crippen molar-refractivity contribution < 1.29 is 9.90 Å². The Morgan fingerprint density at radius 1 is 0.609 bits per heavy atom. The Kier molecular flexibility index (Phi) is 14.7. The molecule has 1 N–H and O–H groups in total. The Bertz CT molecular complexity index is 257. The van der Waals surface area contributed by atoms with Crippen molar-refractivity contribution in [1.29, 1.82) is 0 Å². The summed E-state index contributed by atoms with van der Waals surface area (Å²) in [6, 6.07) is 0. The van der Waals surface area contributed by atoms with E-state index in [0.29, 0.717) is 0 Å². The number of unbranched alkanes of at least 4 members (excludes halogenated alkanes) is 10. The monoisotopic (exact) mass is 326 g/mol. The summed E-state index contributed by atoms with van der Waals surface area (Å²) in [6.45, 7) is 6.59. The number of hydrogen-bond donors (Lipinski definition) is 1. The molecule has 0 rings (SSSR count). The van der Waals surface area contributed by atoms with Gasteiger partial charge in [-0.2, -0.15) is 0 Å². The molecule has 0 aliphatic heterocycles. The third-order valence-corrected chi connectivity index (χ3v) is 5.20. The minimum absolute atomic E-state index is 0.440. The molecular weight excluding hydrogens is 284 g/mol. The molecule has 0 aromatic rings. The van der Waals surface area contributed by atoms with Crippen molar-refractivity contribution in [3.63, 3.8) is 0 Å². The summed E-state index contributed by atoms with van der Waals surface area (Å²) in [5.74, 6) is -0.540. The van der Waals surface area contributed by atoms with Crippen LogP contribution >= 0.6 is 0 Å². The van der Waals surface area contributed by atoms with Crippen molar-refractivity contribution in [2.75, 3.05) is 0 Å². The summed E-state index contributed by atoms with van der Waals surface area (Å²) in [6.07, 6.45) is 18.5. The number of carboxylic acids is 1. The summed E-state index contributed by atoms with van der Waals surface area (Å²) >= 11 is 0. The predicted octanol–water partition coefficient (Wildman–Crippen LogP) is 7.36. The van der Waals surface area contributed by atoms with Crippen LogP contribution in [-0.2, 0) is 4.79 Å². The third kappa shape index (κ3) is 10.8. The molecule has 0 fully saturated rings. The van der Waals surface area contributed by atoms with Gasteiger partial charge in [0.05, 0.1) is 5.41 Å². The van der Waals surface area contributed by atoms with Gasteiger partial charge in [0.2, 0.25) is 0 Å². The molecular formula is C21H42O2. The molecule has 138 valence electrons. The molecule has 0 heterocycles. The van der Waals surface area contributed by atoms with Gasteiger partial charge in [-0.3, -0.25) is 4.79 Å². The molecule has 0 atom stereocenters. The normalized spacial score (nSPS) is 11.8. The highest BCUT2D eigenvalue weighted by molar-refractivity contribution is 5.74. The lowest BCUT2D eigenvalue weighted by Gasteiger charge is -2.29. The van der Waals surface area contributed by atoms with Crippen molar-refractivity contribution in [2.24, 2.45) is 5.41 Å². The van der Waals surface area contributed by atoms with E-state index in [4.69, 9.17) is 0 Å². The van der Waals surface area contributed by atoms with E-state index < -0.39 is 11.4 Å². The molecule has 0 amide bonds. The lowest BCUT2D eigenvalue weighted by atomic mass is 9.74. The number of aliphatic carboxylic acids is 1. The first-order chi connectivity index (χ1) is 11.1. The summed E-state index contributed by atoms with van der Waals surface area (Å²) in [5.41, 5.74) is -0.440. The molecule has 0 aromatic carbocycles. The predicted molar refractivity (Wildman–Crippen MR) is 101 cm³/mol. The first-order valence-corrected chi connectivity index (χ1v) is 10.4. The standard InChI is InChI=1S/C21H42O2/c1-4-7-9-11-13-15-18-21(17-6-3,20(22)23)19-16-14-12-10-8-5-2/h4-19H2,1-3H3,(H,22,23). The van der Waals surface area contributed by atoms with Gasteiger partial charge >= 0.3 is 5.97 Å². The Balaban J connectivity index is 4.20. The van der Waals surface area contributed by atoms with Gasteiger partial charge in [0.25, 0.3) is 0 Å². The Morgan fingerprint density at radius 2 is 1.00 bits per heavy atom. The van der Waals surface area contributed by atoms with Gasteiger partial charge in [-0.05, 0) is 19.3 Å². The SMILES string of the molecule is CCCCCCCCC(CCC)(CCCCCCCC)C(=O)O. The minimum Gasteiger partial charge on any atom is -0.481 e. The van der Waals surface area contributed by atoms with Gasteiger partial charge in [0.1, 0.15) is 0 Å². The van der Waals surface area contributed by atoms with E-state index in [9.17, 15) is 9.90 Å². The number of carbonyl (C=O) groups is 1. The molecule has 0 aliphatic rings. The van der Waals surface area contributed by atoms with Crippen LogP contribution in [0.1, 0.15) is 124 Å². The van der Waals surface area contributed by atoms with Gasteiger partial charge < -0.3 is 5.11 Å². The van der Waals surface area contributed by atoms with Gasteiger partial charge in [-0.25, -0.2) is 0 Å². The summed E-state index contributed by atoms with van der Waals surface area (Å²) in [7, 11) is 0. The molecule has 0 saturated heterocycles. The van der Waals surface area contributed by atoms with Crippen LogP contribution < -0.4 is 0 Å². The quantitative estimate of drug-likeness (QED) is 0.283. The summed E-state index contributed by atoms with van der Waals surface area (Å²) in [5, 5.41) is 9.84. The van der Waals surface area contributed by atoms with Crippen molar-refractivity contribution >= 4 is 5.97 Å². The molecule has 0 radical (unpaired) electrons. The summed E-state index contributed by atoms with van der Waals surface area (Å²) < 4.78 is 0. The van der Waals surface area contributed by atoms with Gasteiger partial charge in [-0.1, -0.05) is 104 Å². The molecule has 0 bridgehead atoms. The third-order valence-electron chi connectivity index (χ3n) is 5.20. The van der Waals surface area contributed by atoms with Crippen LogP contribution in [0.5, 0.6) is 0 Å². The van der Waals surface area contributed by atoms with E-state index in [1.54, 1.807) is 0 Å². The Labute approximate surface area is 145 Å². The zero-order valence-corrected chi connectivity index (χ0v) is 16.2. The second-order valence-electron chi connectivity index (χ2n) is 7.37. The molecule has 23 heavy (non-hydrogen) atoms. The van der Waals surface area contributed by atoms with E-state index in [1.165, 1.54) is 64.2 Å². The van der Waals surface area contributed by atoms with E-state index in [1.807, 2.05) is 0 Å². The number of rotatable bonds is 17. The zero-order valence-electron chi connectivity index (χ0n) is 16.2. The fourth-order valence-corrected chi connectivity index (χ4v) is 3.66. The molecule has 0 saturated carbocycles. The number of carboxylic acid groups (broad SMARTS) is 1. The molecule has 0 spiro atoms. The fraction of sp³-hybridized carbons (Fsp3) is 0.952. The van der Waals surface area contributed by atoms with Gasteiger partial charge in [0.15, 0.2) is 0 Å².